The molecule has 1 unspecified atom stereocenters. The zero-order valence-electron chi connectivity index (χ0n) is 11.0. The fourth-order valence-corrected chi connectivity index (χ4v) is 2.48. The summed E-state index contributed by atoms with van der Waals surface area (Å²) in [6.45, 7) is 2.05. The molecular weight excluding hydrogens is 232 g/mol. The first-order chi connectivity index (χ1) is 8.52. The summed E-state index contributed by atoms with van der Waals surface area (Å²) in [4.78, 5) is 22.5. The lowest BCUT2D eigenvalue weighted by Crippen LogP contribution is -2.41. The molecule has 104 valence electrons. The van der Waals surface area contributed by atoms with Crippen LogP contribution < -0.4 is 11.1 Å². The monoisotopic (exact) mass is 256 g/mol. The lowest BCUT2D eigenvalue weighted by Gasteiger charge is -2.27. The SMILES string of the molecule is CCCC(N)CC(=O)NC1CCC(C(=O)O)CC1. The molecule has 0 spiro atoms. The number of hydrogen-bond acceptors (Lipinski definition) is 3. The van der Waals surface area contributed by atoms with Crippen molar-refractivity contribution in [1.29, 1.82) is 0 Å². The van der Waals surface area contributed by atoms with Gasteiger partial charge in [0.25, 0.3) is 0 Å². The third-order valence-electron chi connectivity index (χ3n) is 3.55. The Balaban J connectivity index is 2.24. The fraction of sp³-hybridized carbons (Fsp3) is 0.846. The molecule has 0 aromatic heterocycles. The van der Waals surface area contributed by atoms with Gasteiger partial charge in [0.1, 0.15) is 0 Å². The van der Waals surface area contributed by atoms with Crippen LogP contribution in [0.4, 0.5) is 0 Å². The first kappa shape index (κ1) is 15.0. The van der Waals surface area contributed by atoms with Gasteiger partial charge in [0.05, 0.1) is 5.92 Å². The minimum Gasteiger partial charge on any atom is -0.481 e. The van der Waals surface area contributed by atoms with Gasteiger partial charge in [-0.15, -0.1) is 0 Å². The van der Waals surface area contributed by atoms with E-state index in [0.717, 1.165) is 25.7 Å². The maximum Gasteiger partial charge on any atom is 0.306 e. The summed E-state index contributed by atoms with van der Waals surface area (Å²) in [5, 5.41) is 11.8. The first-order valence-electron chi connectivity index (χ1n) is 6.80. The molecule has 5 heteroatoms. The average Bonchev–Trinajstić information content (AvgIpc) is 2.29. The van der Waals surface area contributed by atoms with Gasteiger partial charge in [-0.2, -0.15) is 0 Å². The number of nitrogens with two attached hydrogens (primary N) is 1. The largest absolute Gasteiger partial charge is 0.481 e. The van der Waals surface area contributed by atoms with Crippen molar-refractivity contribution in [1.82, 2.24) is 5.32 Å². The zero-order valence-corrected chi connectivity index (χ0v) is 11.0. The second kappa shape index (κ2) is 7.36. The highest BCUT2D eigenvalue weighted by atomic mass is 16.4. The summed E-state index contributed by atoms with van der Waals surface area (Å²) in [6, 6.07) is 0.0623. The molecule has 4 N–H and O–H groups in total. The lowest BCUT2D eigenvalue weighted by atomic mass is 9.86. The maximum absolute atomic E-state index is 11.7. The second-order valence-electron chi connectivity index (χ2n) is 5.21. The normalized spacial score (nSPS) is 25.4. The molecule has 0 aromatic carbocycles. The number of aliphatic carboxylic acids is 1. The molecule has 5 nitrogen and oxygen atoms in total. The van der Waals surface area contributed by atoms with Crippen molar-refractivity contribution in [2.45, 2.75) is 64.0 Å². The number of carboxylic acid groups (broad SMARTS) is 1. The molecule has 1 aliphatic rings. The molecule has 1 amide bonds. The van der Waals surface area contributed by atoms with E-state index in [4.69, 9.17) is 10.8 Å². The molecule has 0 radical (unpaired) electrons. The van der Waals surface area contributed by atoms with Crippen LogP contribution in [0.3, 0.4) is 0 Å². The zero-order chi connectivity index (χ0) is 13.5. The Hall–Kier alpha value is -1.10. The van der Waals surface area contributed by atoms with Crippen molar-refractivity contribution in [2.75, 3.05) is 0 Å². The van der Waals surface area contributed by atoms with Gasteiger partial charge in [0.2, 0.25) is 5.91 Å². The highest BCUT2D eigenvalue weighted by molar-refractivity contribution is 5.77. The Labute approximate surface area is 108 Å². The van der Waals surface area contributed by atoms with E-state index in [2.05, 4.69) is 5.32 Å². The van der Waals surface area contributed by atoms with E-state index in [9.17, 15) is 9.59 Å². The van der Waals surface area contributed by atoms with Crippen LogP contribution in [-0.4, -0.2) is 29.1 Å². The lowest BCUT2D eigenvalue weighted by molar-refractivity contribution is -0.142. The summed E-state index contributed by atoms with van der Waals surface area (Å²) >= 11 is 0. The van der Waals surface area contributed by atoms with Crippen LogP contribution in [0.15, 0.2) is 0 Å². The Morgan fingerprint density at radius 2 is 1.94 bits per heavy atom. The summed E-state index contributed by atoms with van der Waals surface area (Å²) in [7, 11) is 0. The molecule has 1 aliphatic carbocycles. The predicted octanol–water partition coefficient (Wildman–Crippen LogP) is 1.26. The van der Waals surface area contributed by atoms with Crippen LogP contribution in [0.2, 0.25) is 0 Å². The van der Waals surface area contributed by atoms with Gasteiger partial charge in [-0.3, -0.25) is 9.59 Å². The summed E-state index contributed by atoms with van der Waals surface area (Å²) < 4.78 is 0. The number of carbonyl (C=O) groups is 2. The molecule has 0 saturated heterocycles. The van der Waals surface area contributed by atoms with E-state index in [1.165, 1.54) is 0 Å². The van der Waals surface area contributed by atoms with Crippen LogP contribution >= 0.6 is 0 Å². The number of amides is 1. The molecule has 0 aromatic rings. The van der Waals surface area contributed by atoms with Crippen molar-refractivity contribution in [2.24, 2.45) is 11.7 Å². The van der Waals surface area contributed by atoms with Gasteiger partial charge in [0.15, 0.2) is 0 Å². The van der Waals surface area contributed by atoms with Gasteiger partial charge >= 0.3 is 5.97 Å². The van der Waals surface area contributed by atoms with Crippen LogP contribution in [0.25, 0.3) is 0 Å². The highest BCUT2D eigenvalue weighted by Gasteiger charge is 2.26. The Morgan fingerprint density at radius 1 is 1.33 bits per heavy atom. The van der Waals surface area contributed by atoms with Gasteiger partial charge in [-0.1, -0.05) is 13.3 Å². The van der Waals surface area contributed by atoms with Crippen LogP contribution in [-0.2, 0) is 9.59 Å². The Kier molecular flexibility index (Phi) is 6.12. The minimum absolute atomic E-state index is 0.00488. The van der Waals surface area contributed by atoms with E-state index in [0.29, 0.717) is 19.3 Å². The van der Waals surface area contributed by atoms with Gasteiger partial charge in [-0.25, -0.2) is 0 Å². The maximum atomic E-state index is 11.7. The summed E-state index contributed by atoms with van der Waals surface area (Å²) in [5.74, 6) is -0.958. The number of hydrogen-bond donors (Lipinski definition) is 3. The Morgan fingerprint density at radius 3 is 2.44 bits per heavy atom. The summed E-state index contributed by atoms with van der Waals surface area (Å²) in [6.07, 6.45) is 5.03. The summed E-state index contributed by atoms with van der Waals surface area (Å²) in [5.41, 5.74) is 5.81. The van der Waals surface area contributed by atoms with E-state index in [-0.39, 0.29) is 23.9 Å². The van der Waals surface area contributed by atoms with Gasteiger partial charge in [-0.05, 0) is 32.1 Å². The quantitative estimate of drug-likeness (QED) is 0.667. The number of carboxylic acids is 1. The molecule has 1 rings (SSSR count). The molecule has 1 atom stereocenters. The first-order valence-corrected chi connectivity index (χ1v) is 6.80. The smallest absolute Gasteiger partial charge is 0.306 e. The molecule has 1 fully saturated rings. The molecule has 0 aliphatic heterocycles. The van der Waals surface area contributed by atoms with Gasteiger partial charge in [0, 0.05) is 18.5 Å². The van der Waals surface area contributed by atoms with Crippen molar-refractivity contribution >= 4 is 11.9 Å². The molecule has 1 saturated carbocycles. The number of nitrogens with one attached hydrogen (secondary N) is 1. The molecular formula is C13H24N2O3. The van der Waals surface area contributed by atoms with Crippen molar-refractivity contribution in [3.63, 3.8) is 0 Å². The highest BCUT2D eigenvalue weighted by Crippen LogP contribution is 2.24. The van der Waals surface area contributed by atoms with Crippen molar-refractivity contribution in [3.05, 3.63) is 0 Å². The third-order valence-corrected chi connectivity index (χ3v) is 3.55. The van der Waals surface area contributed by atoms with Crippen LogP contribution in [0.5, 0.6) is 0 Å². The van der Waals surface area contributed by atoms with Crippen molar-refractivity contribution in [3.8, 4) is 0 Å². The van der Waals surface area contributed by atoms with Crippen molar-refractivity contribution < 1.29 is 14.7 Å². The fourth-order valence-electron chi connectivity index (χ4n) is 2.48. The number of rotatable bonds is 6. The van der Waals surface area contributed by atoms with E-state index >= 15 is 0 Å². The van der Waals surface area contributed by atoms with E-state index < -0.39 is 5.97 Å². The van der Waals surface area contributed by atoms with Crippen LogP contribution in [0.1, 0.15) is 51.9 Å². The average molecular weight is 256 g/mol. The topological polar surface area (TPSA) is 92.4 Å². The molecule has 0 heterocycles. The standard InChI is InChI=1S/C13H24N2O3/c1-2-3-10(14)8-12(16)15-11-6-4-9(5-7-11)13(17)18/h9-11H,2-8,14H2,1H3,(H,15,16)(H,17,18). The Bertz CT molecular complexity index is 286. The second-order valence-corrected chi connectivity index (χ2v) is 5.21. The third kappa shape index (κ3) is 5.04. The van der Waals surface area contributed by atoms with E-state index in [1.807, 2.05) is 6.92 Å². The molecule has 0 bridgehead atoms. The predicted molar refractivity (Wildman–Crippen MR) is 69.0 cm³/mol. The van der Waals surface area contributed by atoms with Gasteiger partial charge < -0.3 is 16.2 Å². The van der Waals surface area contributed by atoms with Crippen LogP contribution in [0, 0.1) is 5.92 Å². The van der Waals surface area contributed by atoms with E-state index in [1.54, 1.807) is 0 Å². The number of carbonyl (C=O) groups excluding carboxylic acids is 1. The molecule has 18 heavy (non-hydrogen) atoms. The minimum atomic E-state index is -0.718.